The summed E-state index contributed by atoms with van der Waals surface area (Å²) >= 11 is -1.34. The fourth-order valence-corrected chi connectivity index (χ4v) is 0.278. The number of rotatable bonds is 0. The minimum atomic E-state index is -1.34. The number of nitrogens with one attached hydrogen (secondary N) is 1. The van der Waals surface area contributed by atoms with Gasteiger partial charge in [0.2, 0.25) is 0 Å². The van der Waals surface area contributed by atoms with Crippen LogP contribution < -0.4 is 0 Å². The van der Waals surface area contributed by atoms with Crippen LogP contribution in [0.2, 0.25) is 15.8 Å². The average molecular weight is 365 g/mol. The first-order valence-electron chi connectivity index (χ1n) is 3.58. The van der Waals surface area contributed by atoms with E-state index in [9.17, 15) is 0 Å². The van der Waals surface area contributed by atoms with Gasteiger partial charge in [-0.25, -0.2) is 0 Å². The summed E-state index contributed by atoms with van der Waals surface area (Å²) in [6.07, 6.45) is 3.75. The zero-order valence-corrected chi connectivity index (χ0v) is 11.5. The van der Waals surface area contributed by atoms with Gasteiger partial charge in [0.05, 0.1) is 0 Å². The van der Waals surface area contributed by atoms with Crippen molar-refractivity contribution in [3.63, 3.8) is 0 Å². The molecule has 0 aliphatic heterocycles. The van der Waals surface area contributed by atoms with Crippen molar-refractivity contribution in [2.24, 2.45) is 0 Å². The van der Waals surface area contributed by atoms with Crippen molar-refractivity contribution < 1.29 is 24.4 Å². The molecule has 1 aromatic heterocycles. The zero-order valence-electron chi connectivity index (χ0n) is 7.31. The molecule has 1 N–H and O–H groups in total. The average Bonchev–Trinajstić information content (AvgIpc) is 2.07. The largest absolute Gasteiger partial charge is 0.368 e. The molecule has 0 unspecified atom stereocenters. The number of hydrogen-bond donors (Lipinski definition) is 1. The van der Waals surface area contributed by atoms with Crippen molar-refractivity contribution in [2.75, 3.05) is 0 Å². The monoisotopic (exact) mass is 365 g/mol. The first-order valence-corrected chi connectivity index (χ1v) is 20.2. The second-order valence-electron chi connectivity index (χ2n) is 3.88. The molecule has 1 rings (SSSR count). The molecule has 0 fully saturated rings. The van der Waals surface area contributed by atoms with Crippen LogP contribution in [-0.2, 0) is 0 Å². The second-order valence-corrected chi connectivity index (χ2v) is 28.9. The van der Waals surface area contributed by atoms with E-state index in [0.717, 1.165) is 0 Å². The molecule has 0 saturated carbocycles. The Balaban J connectivity index is 0.000000162. The van der Waals surface area contributed by atoms with Gasteiger partial charge in [0.1, 0.15) is 0 Å². The SMILES string of the molecule is [CH3][U]([CH3])([CH3])[CH3].c1cc[nH]c1. The maximum atomic E-state index is 2.86. The first kappa shape index (κ1) is 10.3. The van der Waals surface area contributed by atoms with Gasteiger partial charge >= 0.3 is 40.2 Å². The third-order valence-corrected chi connectivity index (χ3v) is 0.496. The van der Waals surface area contributed by atoms with Gasteiger partial charge in [0, 0.05) is 12.4 Å². The Bertz CT molecular complexity index is 116. The predicted molar refractivity (Wildman–Crippen MR) is 44.2 cm³/mol. The van der Waals surface area contributed by atoms with E-state index < -0.39 is 24.4 Å². The van der Waals surface area contributed by atoms with Crippen LogP contribution in [0.5, 0.6) is 0 Å². The fraction of sp³-hybridized carbons (Fsp3) is 0.500. The van der Waals surface area contributed by atoms with E-state index in [1.807, 2.05) is 24.5 Å². The summed E-state index contributed by atoms with van der Waals surface area (Å²) in [5.41, 5.74) is 0. The fourth-order valence-electron chi connectivity index (χ4n) is 0.278. The molecule has 0 spiro atoms. The summed E-state index contributed by atoms with van der Waals surface area (Å²) in [4.78, 5) is 2.86. The summed E-state index contributed by atoms with van der Waals surface area (Å²) in [6.45, 7) is 0. The van der Waals surface area contributed by atoms with E-state index in [1.165, 1.54) is 0 Å². The van der Waals surface area contributed by atoms with Crippen LogP contribution in [-0.4, -0.2) is 4.98 Å². The van der Waals surface area contributed by atoms with E-state index in [0.29, 0.717) is 0 Å². The molecule has 0 aromatic carbocycles. The molecule has 10 heavy (non-hydrogen) atoms. The molecule has 0 aliphatic carbocycles. The van der Waals surface area contributed by atoms with Gasteiger partial charge in [-0.2, -0.15) is 0 Å². The van der Waals surface area contributed by atoms with Gasteiger partial charge in [-0.3, -0.25) is 0 Å². The molecule has 0 radical (unpaired) electrons. The Kier molecular flexibility index (Phi) is 5.21. The zero-order chi connectivity index (χ0) is 8.04. The summed E-state index contributed by atoms with van der Waals surface area (Å²) in [7, 11) is 0. The van der Waals surface area contributed by atoms with Gasteiger partial charge in [0.15, 0.2) is 0 Å². The van der Waals surface area contributed by atoms with E-state index in [-0.39, 0.29) is 0 Å². The standard InChI is InChI=1S/C4H5N.4CH3.U/c1-2-4-5-3-1;;;;;/h1-5H;4*1H3;. The molecule has 0 bridgehead atoms. The number of aromatic nitrogens is 1. The van der Waals surface area contributed by atoms with Crippen molar-refractivity contribution >= 4 is 0 Å². The number of hydrogen-bond acceptors (Lipinski definition) is 0. The summed E-state index contributed by atoms with van der Waals surface area (Å²) in [5.74, 6) is 0. The van der Waals surface area contributed by atoms with Crippen LogP contribution >= 0.6 is 0 Å². The van der Waals surface area contributed by atoms with Gasteiger partial charge in [-0.1, -0.05) is 0 Å². The van der Waals surface area contributed by atoms with Crippen LogP contribution in [0.1, 0.15) is 0 Å². The number of H-pyrrole nitrogens is 1. The third kappa shape index (κ3) is 15.8. The molecule has 0 aliphatic rings. The van der Waals surface area contributed by atoms with E-state index >= 15 is 0 Å². The van der Waals surface area contributed by atoms with Crippen LogP contribution in [0.4, 0.5) is 0 Å². The van der Waals surface area contributed by atoms with E-state index in [4.69, 9.17) is 0 Å². The van der Waals surface area contributed by atoms with Crippen LogP contribution in [0.3, 0.4) is 0 Å². The van der Waals surface area contributed by atoms with E-state index in [1.54, 1.807) is 0 Å². The molecular weight excluding hydrogens is 348 g/mol. The van der Waals surface area contributed by atoms with Gasteiger partial charge in [0.25, 0.3) is 0 Å². The third-order valence-electron chi connectivity index (χ3n) is 0.496. The molecule has 1 aromatic rings. The molecule has 1 heterocycles. The first-order chi connectivity index (χ1) is 4.50. The van der Waals surface area contributed by atoms with Gasteiger partial charge in [-0.05, 0) is 12.1 Å². The Morgan fingerprint density at radius 1 is 0.900 bits per heavy atom. The van der Waals surface area contributed by atoms with Gasteiger partial charge < -0.3 is 4.98 Å². The van der Waals surface area contributed by atoms with Crippen molar-refractivity contribution in [1.29, 1.82) is 0 Å². The van der Waals surface area contributed by atoms with Crippen molar-refractivity contribution in [3.8, 4) is 0 Å². The van der Waals surface area contributed by atoms with Crippen LogP contribution in [0.25, 0.3) is 0 Å². The molecule has 58 valence electrons. The van der Waals surface area contributed by atoms with Crippen molar-refractivity contribution in [1.82, 2.24) is 4.98 Å². The number of aromatic amines is 1. The van der Waals surface area contributed by atoms with Crippen molar-refractivity contribution in [2.45, 2.75) is 15.8 Å². The maximum Gasteiger partial charge on any atom is 0.000496 e. The summed E-state index contributed by atoms with van der Waals surface area (Å²) < 4.78 is 9.67. The summed E-state index contributed by atoms with van der Waals surface area (Å²) in [6, 6.07) is 3.89. The quantitative estimate of drug-likeness (QED) is 0.726. The minimum Gasteiger partial charge on any atom is -0.368 e. The molecule has 0 atom stereocenters. The molecule has 0 amide bonds. The van der Waals surface area contributed by atoms with Crippen LogP contribution in [0.15, 0.2) is 24.5 Å². The topological polar surface area (TPSA) is 15.8 Å². The van der Waals surface area contributed by atoms with Crippen molar-refractivity contribution in [3.05, 3.63) is 24.5 Å². The Hall–Kier alpha value is 0.332. The Morgan fingerprint density at radius 2 is 1.20 bits per heavy atom. The Morgan fingerprint density at radius 3 is 1.30 bits per heavy atom. The van der Waals surface area contributed by atoms with Gasteiger partial charge in [-0.15, -0.1) is 0 Å². The molecule has 0 saturated heterocycles. The molecule has 2 heteroatoms. The van der Waals surface area contributed by atoms with Crippen LogP contribution in [0, 0.1) is 24.4 Å². The van der Waals surface area contributed by atoms with E-state index in [2.05, 4.69) is 20.8 Å². The second kappa shape index (κ2) is 5.04. The maximum absolute atomic E-state index is 2.86. The Labute approximate surface area is 69.4 Å². The summed E-state index contributed by atoms with van der Waals surface area (Å²) in [5, 5.41) is 0. The normalized spacial score (nSPS) is 10.0. The predicted octanol–water partition coefficient (Wildman–Crippen LogP) is 3.35. The smallest absolute Gasteiger partial charge is 0.000496 e. The minimum absolute atomic E-state index is 1.34. The molecule has 1 nitrogen and oxygen atoms in total. The molecular formula is C8H17NU.